The van der Waals surface area contributed by atoms with E-state index in [-0.39, 0.29) is 12.6 Å². The normalized spacial score (nSPS) is 11.0. The fourth-order valence-electron chi connectivity index (χ4n) is 0.547. The summed E-state index contributed by atoms with van der Waals surface area (Å²) in [6.45, 7) is 0.104. The van der Waals surface area contributed by atoms with Crippen LogP contribution in [-0.4, -0.2) is 5.11 Å². The summed E-state index contributed by atoms with van der Waals surface area (Å²) in [6, 6.07) is 5.12. The molecular weight excluding hydrogens is 180 g/mol. The molecule has 0 amide bonds. The van der Waals surface area contributed by atoms with Crippen molar-refractivity contribution in [3.63, 3.8) is 0 Å². The predicted octanol–water partition coefficient (Wildman–Crippen LogP) is 2.46. The van der Waals surface area contributed by atoms with Gasteiger partial charge < -0.3 is 5.11 Å². The number of phenols is 1. The van der Waals surface area contributed by atoms with Gasteiger partial charge in [0.05, 0.1) is 0 Å². The first-order chi connectivity index (χ1) is 4.75. The van der Waals surface area contributed by atoms with Gasteiger partial charge in [0.15, 0.2) is 0 Å². The lowest BCUT2D eigenvalue weighted by molar-refractivity contribution is 0.470. The van der Waals surface area contributed by atoms with Gasteiger partial charge in [-0.3, -0.25) is 0 Å². The first-order valence-corrected chi connectivity index (χ1v) is 3.30. The molecule has 0 unspecified atom stereocenters. The van der Waals surface area contributed by atoms with Crippen LogP contribution in [0.15, 0.2) is 22.7 Å². The molecule has 0 aliphatic heterocycles. The maximum Gasteiger partial charge on any atom is 0.119 e. The van der Waals surface area contributed by atoms with Crippen molar-refractivity contribution in [2.24, 2.45) is 0 Å². The third-order valence-corrected chi connectivity index (χ3v) is 1.84. The first kappa shape index (κ1) is 5.30. The van der Waals surface area contributed by atoms with Crippen LogP contribution in [0.3, 0.4) is 0 Å². The third kappa shape index (κ3) is 1.24. The van der Waals surface area contributed by atoms with Crippen LogP contribution in [0.1, 0.15) is 6.93 Å². The largest absolute Gasteiger partial charge is 0.508 e. The zero-order valence-electron chi connectivity index (χ0n) is 5.76. The molecule has 0 aromatic heterocycles. The van der Waals surface area contributed by atoms with Crippen LogP contribution in [-0.2, 0) is 0 Å². The monoisotopic (exact) mass is 187 g/mol. The molecule has 0 bridgehead atoms. The summed E-state index contributed by atoms with van der Waals surface area (Å²) in [5.41, 5.74) is 0.641. The van der Waals surface area contributed by atoms with Gasteiger partial charge in [-0.1, -0.05) is 22.0 Å². The predicted molar refractivity (Wildman–Crippen MR) is 40.5 cm³/mol. The highest BCUT2D eigenvalue weighted by atomic mass is 79.9. The average Bonchev–Trinajstić information content (AvgIpc) is 1.88. The van der Waals surface area contributed by atoms with E-state index in [1.165, 1.54) is 0 Å². The van der Waals surface area contributed by atoms with Crippen LogP contribution < -0.4 is 0 Å². The molecule has 1 N–H and O–H groups in total. The highest BCUT2D eigenvalue weighted by Gasteiger charge is 1.96. The molecule has 48 valence electrons. The van der Waals surface area contributed by atoms with E-state index in [9.17, 15) is 0 Å². The van der Waals surface area contributed by atoms with E-state index in [1.54, 1.807) is 12.1 Å². The first-order valence-electron chi connectivity index (χ1n) is 3.22. The molecule has 9 heavy (non-hydrogen) atoms. The number of halogens is 1. The summed E-state index contributed by atoms with van der Waals surface area (Å²) >= 11 is 3.23. The summed E-state index contributed by atoms with van der Waals surface area (Å²) in [7, 11) is 0. The fourth-order valence-corrected chi connectivity index (χ4v) is 0.903. The molecule has 0 saturated carbocycles. The molecule has 2 heteroatoms. The lowest BCUT2D eigenvalue weighted by Gasteiger charge is -1.97. The van der Waals surface area contributed by atoms with Crippen LogP contribution in [0, 0.1) is 6.90 Å². The van der Waals surface area contributed by atoms with Crippen molar-refractivity contribution in [1.29, 1.82) is 0 Å². The van der Waals surface area contributed by atoms with Gasteiger partial charge in [0.1, 0.15) is 5.75 Å². The van der Waals surface area contributed by atoms with Crippen molar-refractivity contribution in [3.8, 4) is 5.75 Å². The van der Waals surface area contributed by atoms with Gasteiger partial charge in [0, 0.05) is 11.4 Å². The molecule has 0 aliphatic rings. The Hall–Kier alpha value is -0.500. The molecule has 1 rings (SSSR count). The SMILES string of the molecule is [2H]Cc1c(O)cccc1Br. The van der Waals surface area contributed by atoms with E-state index in [0.717, 1.165) is 4.47 Å². The highest BCUT2D eigenvalue weighted by Crippen LogP contribution is 2.23. The van der Waals surface area contributed by atoms with Gasteiger partial charge >= 0.3 is 0 Å². The summed E-state index contributed by atoms with van der Waals surface area (Å²) in [4.78, 5) is 0. The molecule has 0 spiro atoms. The standard InChI is InChI=1S/C7H7BrO/c1-5-6(8)3-2-4-7(5)9/h2-4,9H,1H3/i1D. The van der Waals surface area contributed by atoms with E-state index in [2.05, 4.69) is 15.9 Å². The molecule has 0 heterocycles. The van der Waals surface area contributed by atoms with Crippen molar-refractivity contribution >= 4 is 15.9 Å². The van der Waals surface area contributed by atoms with Crippen molar-refractivity contribution in [1.82, 2.24) is 0 Å². The van der Waals surface area contributed by atoms with E-state index >= 15 is 0 Å². The van der Waals surface area contributed by atoms with E-state index in [1.807, 2.05) is 6.07 Å². The van der Waals surface area contributed by atoms with Crippen molar-refractivity contribution in [3.05, 3.63) is 28.2 Å². The summed E-state index contributed by atoms with van der Waals surface area (Å²) in [5.74, 6) is 0.185. The van der Waals surface area contributed by atoms with Crippen molar-refractivity contribution in [2.75, 3.05) is 0 Å². The zero-order chi connectivity index (χ0) is 7.56. The molecular formula is C7H7BrO. The number of benzene rings is 1. The maximum atomic E-state index is 9.14. The minimum Gasteiger partial charge on any atom is -0.508 e. The third-order valence-electron chi connectivity index (χ3n) is 1.09. The van der Waals surface area contributed by atoms with Gasteiger partial charge in [0.2, 0.25) is 0 Å². The smallest absolute Gasteiger partial charge is 0.119 e. The van der Waals surface area contributed by atoms with Crippen molar-refractivity contribution in [2.45, 2.75) is 6.90 Å². The van der Waals surface area contributed by atoms with E-state index in [4.69, 9.17) is 6.48 Å². The number of rotatable bonds is 0. The number of hydrogen-bond donors (Lipinski definition) is 1. The second-order valence-corrected chi connectivity index (χ2v) is 2.59. The van der Waals surface area contributed by atoms with Crippen LogP contribution in [0.5, 0.6) is 5.75 Å². The minimum absolute atomic E-state index is 0.104. The number of aromatic hydroxyl groups is 1. The molecule has 0 aliphatic carbocycles. The minimum atomic E-state index is 0.104. The Balaban J connectivity index is 3.17. The Bertz CT molecular complexity index is 217. The zero-order valence-corrected chi connectivity index (χ0v) is 6.35. The van der Waals surface area contributed by atoms with Gasteiger partial charge in [-0.2, -0.15) is 0 Å². The van der Waals surface area contributed by atoms with Crippen molar-refractivity contribution < 1.29 is 6.48 Å². The summed E-state index contributed by atoms with van der Waals surface area (Å²) in [6.07, 6.45) is 0. The van der Waals surface area contributed by atoms with E-state index < -0.39 is 0 Å². The summed E-state index contributed by atoms with van der Waals surface area (Å²) in [5, 5.41) is 9.14. The quantitative estimate of drug-likeness (QED) is 0.662. The maximum absolute atomic E-state index is 9.14. The van der Waals surface area contributed by atoms with E-state index in [0.29, 0.717) is 5.56 Å². The molecule has 0 radical (unpaired) electrons. The molecule has 0 atom stereocenters. The van der Waals surface area contributed by atoms with Crippen LogP contribution in [0.25, 0.3) is 0 Å². The Morgan fingerprint density at radius 3 is 2.89 bits per heavy atom. The molecule has 0 fully saturated rings. The lowest BCUT2D eigenvalue weighted by Crippen LogP contribution is -1.74. The van der Waals surface area contributed by atoms with Gasteiger partial charge in [-0.05, 0) is 19.0 Å². The Morgan fingerprint density at radius 1 is 1.67 bits per heavy atom. The molecule has 1 aromatic rings. The molecule has 1 aromatic carbocycles. The lowest BCUT2D eigenvalue weighted by atomic mass is 10.2. The Kier molecular flexibility index (Phi) is 1.41. The fraction of sp³-hybridized carbons (Fsp3) is 0.143. The second-order valence-electron chi connectivity index (χ2n) is 1.74. The highest BCUT2D eigenvalue weighted by molar-refractivity contribution is 9.10. The van der Waals surface area contributed by atoms with Crippen LogP contribution in [0.4, 0.5) is 0 Å². The Morgan fingerprint density at radius 2 is 2.44 bits per heavy atom. The average molecular weight is 188 g/mol. The molecule has 0 saturated heterocycles. The molecule has 1 nitrogen and oxygen atoms in total. The topological polar surface area (TPSA) is 20.2 Å². The summed E-state index contributed by atoms with van der Waals surface area (Å²) < 4.78 is 7.83. The van der Waals surface area contributed by atoms with Gasteiger partial charge in [-0.25, -0.2) is 0 Å². The van der Waals surface area contributed by atoms with Crippen LogP contribution >= 0.6 is 15.9 Å². The Labute approximate surface area is 63.9 Å². The number of phenolic OH excluding ortho intramolecular Hbond substituents is 1. The van der Waals surface area contributed by atoms with Gasteiger partial charge in [0.25, 0.3) is 0 Å². The van der Waals surface area contributed by atoms with Gasteiger partial charge in [-0.15, -0.1) is 0 Å². The van der Waals surface area contributed by atoms with Crippen LogP contribution in [0.2, 0.25) is 0 Å². The number of hydrogen-bond acceptors (Lipinski definition) is 1. The second kappa shape index (κ2) is 2.40.